The van der Waals surface area contributed by atoms with Crippen LogP contribution in [0.25, 0.3) is 0 Å². The fraction of sp³-hybridized carbons (Fsp3) is 0.909. The first-order valence-corrected chi connectivity index (χ1v) is 7.82. The third kappa shape index (κ3) is 2.39. The normalized spacial score (nSPS) is 33.9. The molecule has 4 nitrogen and oxygen atoms in total. The zero-order chi connectivity index (χ0) is 11.8. The Balaban J connectivity index is 2.02. The van der Waals surface area contributed by atoms with Crippen LogP contribution in [0.5, 0.6) is 0 Å². The predicted octanol–water partition coefficient (Wildman–Crippen LogP) is 0.822. The van der Waals surface area contributed by atoms with E-state index in [1.54, 1.807) is 0 Å². The van der Waals surface area contributed by atoms with Crippen LogP contribution in [0.3, 0.4) is 0 Å². The Kier molecular flexibility index (Phi) is 3.24. The molecule has 16 heavy (non-hydrogen) atoms. The van der Waals surface area contributed by atoms with Crippen molar-refractivity contribution in [3.05, 3.63) is 0 Å². The maximum absolute atomic E-state index is 12.2. The molecule has 2 aliphatic rings. The first kappa shape index (κ1) is 11.9. The molecule has 2 unspecified atom stereocenters. The molecule has 2 rings (SSSR count). The molecule has 92 valence electrons. The van der Waals surface area contributed by atoms with Crippen LogP contribution in [0.4, 0.5) is 0 Å². The predicted molar refractivity (Wildman–Crippen MR) is 61.8 cm³/mol. The van der Waals surface area contributed by atoms with E-state index in [1.165, 1.54) is 6.42 Å². The van der Waals surface area contributed by atoms with Crippen LogP contribution in [-0.4, -0.2) is 43.3 Å². The largest absolute Gasteiger partial charge is 0.340 e. The third-order valence-corrected chi connectivity index (χ3v) is 5.44. The zero-order valence-corrected chi connectivity index (χ0v) is 10.5. The van der Waals surface area contributed by atoms with Gasteiger partial charge in [0.15, 0.2) is 9.84 Å². The summed E-state index contributed by atoms with van der Waals surface area (Å²) in [5, 5.41) is 0. The quantitative estimate of drug-likeness (QED) is 0.687. The van der Waals surface area contributed by atoms with Gasteiger partial charge in [0.2, 0.25) is 5.91 Å². The smallest absolute Gasteiger partial charge is 0.226 e. The maximum atomic E-state index is 12.2. The second-order valence-corrected chi connectivity index (χ2v) is 7.21. The van der Waals surface area contributed by atoms with E-state index < -0.39 is 9.84 Å². The Morgan fingerprint density at radius 3 is 2.56 bits per heavy atom. The number of carbonyl (C=O) groups excluding carboxylic acids is 1. The number of carbonyl (C=O) groups is 1. The van der Waals surface area contributed by atoms with Gasteiger partial charge in [-0.05, 0) is 32.6 Å². The number of amides is 1. The fourth-order valence-corrected chi connectivity index (χ4v) is 4.38. The number of nitrogens with zero attached hydrogens (tertiary/aromatic N) is 1. The lowest BCUT2D eigenvalue weighted by Crippen LogP contribution is -2.45. The number of sulfone groups is 1. The fourth-order valence-electron chi connectivity index (χ4n) is 2.65. The second kappa shape index (κ2) is 4.35. The van der Waals surface area contributed by atoms with Crippen molar-refractivity contribution in [2.45, 2.75) is 38.6 Å². The number of hydrogen-bond acceptors (Lipinski definition) is 3. The highest BCUT2D eigenvalue weighted by Gasteiger charge is 2.37. The van der Waals surface area contributed by atoms with E-state index in [0.717, 1.165) is 19.4 Å². The van der Waals surface area contributed by atoms with Gasteiger partial charge in [0, 0.05) is 12.6 Å². The topological polar surface area (TPSA) is 54.5 Å². The molecule has 2 heterocycles. The summed E-state index contributed by atoms with van der Waals surface area (Å²) in [6, 6.07) is 0.282. The van der Waals surface area contributed by atoms with Crippen molar-refractivity contribution >= 4 is 15.7 Å². The molecule has 1 amide bonds. The van der Waals surface area contributed by atoms with E-state index in [9.17, 15) is 13.2 Å². The van der Waals surface area contributed by atoms with Crippen molar-refractivity contribution in [3.8, 4) is 0 Å². The monoisotopic (exact) mass is 245 g/mol. The molecule has 0 aromatic rings. The van der Waals surface area contributed by atoms with Gasteiger partial charge in [0.05, 0.1) is 17.4 Å². The maximum Gasteiger partial charge on any atom is 0.226 e. The van der Waals surface area contributed by atoms with Crippen molar-refractivity contribution in [2.24, 2.45) is 5.92 Å². The van der Waals surface area contributed by atoms with E-state index in [0.29, 0.717) is 6.42 Å². The Labute approximate surface area is 96.9 Å². The average molecular weight is 245 g/mol. The van der Waals surface area contributed by atoms with Gasteiger partial charge in [-0.3, -0.25) is 4.79 Å². The molecule has 2 aliphatic heterocycles. The summed E-state index contributed by atoms with van der Waals surface area (Å²) in [7, 11) is -2.94. The molecule has 0 bridgehead atoms. The van der Waals surface area contributed by atoms with Crippen LogP contribution in [0, 0.1) is 5.92 Å². The molecule has 2 atom stereocenters. The molecular weight excluding hydrogens is 226 g/mol. The Morgan fingerprint density at radius 2 is 2.00 bits per heavy atom. The van der Waals surface area contributed by atoms with Gasteiger partial charge in [-0.15, -0.1) is 0 Å². The average Bonchev–Trinajstić information content (AvgIpc) is 2.59. The van der Waals surface area contributed by atoms with Gasteiger partial charge in [0.1, 0.15) is 0 Å². The molecule has 0 aliphatic carbocycles. The van der Waals surface area contributed by atoms with Crippen LogP contribution in [0.1, 0.15) is 32.6 Å². The van der Waals surface area contributed by atoms with E-state index in [2.05, 4.69) is 6.92 Å². The van der Waals surface area contributed by atoms with Gasteiger partial charge in [-0.25, -0.2) is 8.42 Å². The lowest BCUT2D eigenvalue weighted by Gasteiger charge is -2.35. The van der Waals surface area contributed by atoms with Crippen molar-refractivity contribution in [1.29, 1.82) is 0 Å². The van der Waals surface area contributed by atoms with Crippen molar-refractivity contribution in [1.82, 2.24) is 4.90 Å². The van der Waals surface area contributed by atoms with E-state index in [4.69, 9.17) is 0 Å². The van der Waals surface area contributed by atoms with Gasteiger partial charge in [-0.2, -0.15) is 0 Å². The Morgan fingerprint density at radius 1 is 1.25 bits per heavy atom. The minimum atomic E-state index is -2.94. The summed E-state index contributed by atoms with van der Waals surface area (Å²) in [6.07, 6.45) is 3.79. The molecule has 0 saturated carbocycles. The molecule has 0 aromatic heterocycles. The minimum Gasteiger partial charge on any atom is -0.340 e. The Bertz CT molecular complexity index is 377. The summed E-state index contributed by atoms with van der Waals surface area (Å²) in [5.41, 5.74) is 0. The molecular formula is C11H19NO3S. The van der Waals surface area contributed by atoms with Crippen LogP contribution in [-0.2, 0) is 14.6 Å². The van der Waals surface area contributed by atoms with Crippen LogP contribution < -0.4 is 0 Å². The number of piperidine rings is 1. The zero-order valence-electron chi connectivity index (χ0n) is 9.68. The summed E-state index contributed by atoms with van der Waals surface area (Å²) in [4.78, 5) is 14.0. The molecule has 5 heteroatoms. The van der Waals surface area contributed by atoms with E-state index in [1.807, 2.05) is 4.90 Å². The SMILES string of the molecule is CC1CCCCN1C(=O)C1CCS(=O)(=O)C1. The molecule has 0 N–H and O–H groups in total. The highest BCUT2D eigenvalue weighted by molar-refractivity contribution is 7.91. The number of likely N-dealkylation sites (tertiary alicyclic amines) is 1. The molecule has 0 aromatic carbocycles. The minimum absolute atomic E-state index is 0.0632. The molecule has 0 radical (unpaired) electrons. The summed E-state index contributed by atoms with van der Waals surface area (Å²) in [5.74, 6) is 0.0413. The van der Waals surface area contributed by atoms with Crippen molar-refractivity contribution in [2.75, 3.05) is 18.1 Å². The summed E-state index contributed by atoms with van der Waals surface area (Å²) >= 11 is 0. The number of hydrogen-bond donors (Lipinski definition) is 0. The van der Waals surface area contributed by atoms with E-state index in [-0.39, 0.29) is 29.4 Å². The molecule has 2 saturated heterocycles. The Hall–Kier alpha value is -0.580. The van der Waals surface area contributed by atoms with E-state index >= 15 is 0 Å². The van der Waals surface area contributed by atoms with Gasteiger partial charge in [0.25, 0.3) is 0 Å². The van der Waals surface area contributed by atoms with Gasteiger partial charge >= 0.3 is 0 Å². The van der Waals surface area contributed by atoms with Crippen LogP contribution in [0.2, 0.25) is 0 Å². The highest BCUT2D eigenvalue weighted by atomic mass is 32.2. The lowest BCUT2D eigenvalue weighted by molar-refractivity contribution is -0.138. The molecule has 0 spiro atoms. The number of rotatable bonds is 1. The highest BCUT2D eigenvalue weighted by Crippen LogP contribution is 2.25. The first-order chi connectivity index (χ1) is 7.49. The van der Waals surface area contributed by atoms with Gasteiger partial charge < -0.3 is 4.90 Å². The second-order valence-electron chi connectivity index (χ2n) is 4.98. The summed E-state index contributed by atoms with van der Waals surface area (Å²) in [6.45, 7) is 2.86. The summed E-state index contributed by atoms with van der Waals surface area (Å²) < 4.78 is 22.7. The molecule has 2 fully saturated rings. The van der Waals surface area contributed by atoms with Crippen LogP contribution >= 0.6 is 0 Å². The standard InChI is InChI=1S/C11H19NO3S/c1-9-4-2-3-6-12(9)11(13)10-5-7-16(14,15)8-10/h9-10H,2-8H2,1H3. The van der Waals surface area contributed by atoms with Gasteiger partial charge in [-0.1, -0.05) is 0 Å². The van der Waals surface area contributed by atoms with Crippen molar-refractivity contribution in [3.63, 3.8) is 0 Å². The third-order valence-electron chi connectivity index (χ3n) is 3.67. The first-order valence-electron chi connectivity index (χ1n) is 6.00. The van der Waals surface area contributed by atoms with Crippen LogP contribution in [0.15, 0.2) is 0 Å². The van der Waals surface area contributed by atoms with Crippen molar-refractivity contribution < 1.29 is 13.2 Å². The lowest BCUT2D eigenvalue weighted by atomic mass is 10.00.